The quantitative estimate of drug-likeness (QED) is 0.812. The number of ether oxygens (including phenoxy) is 1. The van der Waals surface area contributed by atoms with E-state index in [2.05, 4.69) is 15.6 Å². The van der Waals surface area contributed by atoms with Crippen molar-refractivity contribution >= 4 is 11.6 Å². The molecule has 1 amide bonds. The number of methoxy groups -OCH3 is 1. The van der Waals surface area contributed by atoms with Gasteiger partial charge in [-0.1, -0.05) is 13.0 Å². The van der Waals surface area contributed by atoms with E-state index < -0.39 is 0 Å². The minimum absolute atomic E-state index is 0.101. The number of rotatable bonds is 7. The van der Waals surface area contributed by atoms with E-state index in [4.69, 9.17) is 4.74 Å². The molecule has 0 fully saturated rings. The average Bonchev–Trinajstić information content (AvgIpc) is 2.92. The van der Waals surface area contributed by atoms with Crippen molar-refractivity contribution < 1.29 is 9.53 Å². The molecule has 0 aliphatic carbocycles. The Bertz CT molecular complexity index is 595. The SMILES string of the molecule is CCNCc1cn(CC(=O)Nc2cccc(OC)c2)cn1. The fourth-order valence-corrected chi connectivity index (χ4v) is 1.90. The molecule has 0 aliphatic rings. The van der Waals surface area contributed by atoms with E-state index in [9.17, 15) is 4.79 Å². The van der Waals surface area contributed by atoms with E-state index in [-0.39, 0.29) is 12.5 Å². The zero-order valence-electron chi connectivity index (χ0n) is 12.3. The highest BCUT2D eigenvalue weighted by molar-refractivity contribution is 5.90. The van der Waals surface area contributed by atoms with Crippen LogP contribution >= 0.6 is 0 Å². The van der Waals surface area contributed by atoms with Crippen LogP contribution in [0.4, 0.5) is 5.69 Å². The van der Waals surface area contributed by atoms with Crippen LogP contribution in [0.25, 0.3) is 0 Å². The van der Waals surface area contributed by atoms with Crippen molar-refractivity contribution in [3.8, 4) is 5.75 Å². The predicted molar refractivity (Wildman–Crippen MR) is 81.2 cm³/mol. The molecule has 1 heterocycles. The molecule has 0 radical (unpaired) electrons. The fourth-order valence-electron chi connectivity index (χ4n) is 1.90. The van der Waals surface area contributed by atoms with Crippen molar-refractivity contribution in [3.05, 3.63) is 42.5 Å². The van der Waals surface area contributed by atoms with Gasteiger partial charge in [-0.05, 0) is 18.7 Å². The molecule has 0 saturated heterocycles. The van der Waals surface area contributed by atoms with E-state index in [1.165, 1.54) is 0 Å². The fraction of sp³-hybridized carbons (Fsp3) is 0.333. The Hall–Kier alpha value is -2.34. The number of carbonyl (C=O) groups is 1. The lowest BCUT2D eigenvalue weighted by molar-refractivity contribution is -0.116. The molecule has 1 aromatic heterocycles. The van der Waals surface area contributed by atoms with Gasteiger partial charge in [-0.15, -0.1) is 0 Å². The van der Waals surface area contributed by atoms with E-state index in [1.807, 2.05) is 31.3 Å². The van der Waals surface area contributed by atoms with Gasteiger partial charge in [0.1, 0.15) is 12.3 Å². The first-order chi connectivity index (χ1) is 10.2. The molecule has 0 saturated carbocycles. The number of benzene rings is 1. The maximum atomic E-state index is 12.0. The van der Waals surface area contributed by atoms with Crippen molar-refractivity contribution in [2.75, 3.05) is 19.0 Å². The van der Waals surface area contributed by atoms with E-state index in [1.54, 1.807) is 24.1 Å². The number of carbonyl (C=O) groups excluding carboxylic acids is 1. The topological polar surface area (TPSA) is 68.2 Å². The third kappa shape index (κ3) is 4.61. The molecular weight excluding hydrogens is 268 g/mol. The summed E-state index contributed by atoms with van der Waals surface area (Å²) in [4.78, 5) is 16.2. The Morgan fingerprint density at radius 1 is 1.43 bits per heavy atom. The van der Waals surface area contributed by atoms with Gasteiger partial charge in [0, 0.05) is 24.5 Å². The molecule has 0 spiro atoms. The molecule has 0 aliphatic heterocycles. The Morgan fingerprint density at radius 2 is 2.29 bits per heavy atom. The van der Waals surface area contributed by atoms with Crippen molar-refractivity contribution in [1.82, 2.24) is 14.9 Å². The second kappa shape index (κ2) is 7.44. The van der Waals surface area contributed by atoms with Crippen molar-refractivity contribution in [3.63, 3.8) is 0 Å². The van der Waals surface area contributed by atoms with Gasteiger partial charge < -0.3 is 19.9 Å². The standard InChI is InChI=1S/C15H20N4O2/c1-3-16-8-13-9-19(11-17-13)10-15(20)18-12-5-4-6-14(7-12)21-2/h4-7,9,11,16H,3,8,10H2,1-2H3,(H,18,20). The number of amides is 1. The predicted octanol–water partition coefficient (Wildman–Crippen LogP) is 1.64. The first-order valence-corrected chi connectivity index (χ1v) is 6.86. The van der Waals surface area contributed by atoms with Crippen molar-refractivity contribution in [2.45, 2.75) is 20.0 Å². The maximum Gasteiger partial charge on any atom is 0.244 e. The lowest BCUT2D eigenvalue weighted by Gasteiger charge is -2.07. The molecule has 112 valence electrons. The number of hydrogen-bond acceptors (Lipinski definition) is 4. The highest BCUT2D eigenvalue weighted by Gasteiger charge is 2.05. The van der Waals surface area contributed by atoms with Gasteiger partial charge in [-0.25, -0.2) is 4.98 Å². The summed E-state index contributed by atoms with van der Waals surface area (Å²) >= 11 is 0. The van der Waals surface area contributed by atoms with Gasteiger partial charge in [0.25, 0.3) is 0 Å². The Kier molecular flexibility index (Phi) is 5.34. The molecule has 6 heteroatoms. The van der Waals surface area contributed by atoms with E-state index in [0.29, 0.717) is 18.0 Å². The average molecular weight is 288 g/mol. The number of aromatic nitrogens is 2. The van der Waals surface area contributed by atoms with Crippen LogP contribution < -0.4 is 15.4 Å². The first kappa shape index (κ1) is 15.1. The molecule has 0 bridgehead atoms. The molecule has 6 nitrogen and oxygen atoms in total. The van der Waals surface area contributed by atoms with Crippen LogP contribution in [0.5, 0.6) is 5.75 Å². The van der Waals surface area contributed by atoms with Crippen LogP contribution in [-0.2, 0) is 17.9 Å². The second-order valence-electron chi connectivity index (χ2n) is 4.60. The Labute approximate surface area is 124 Å². The van der Waals surface area contributed by atoms with Crippen LogP contribution in [0.3, 0.4) is 0 Å². The molecule has 0 atom stereocenters. The Balaban J connectivity index is 1.90. The minimum Gasteiger partial charge on any atom is -0.497 e. The maximum absolute atomic E-state index is 12.0. The van der Waals surface area contributed by atoms with Crippen LogP contribution in [0.15, 0.2) is 36.8 Å². The summed E-state index contributed by atoms with van der Waals surface area (Å²) in [6.45, 7) is 3.87. The third-order valence-electron chi connectivity index (χ3n) is 2.92. The number of nitrogens with zero attached hydrogens (tertiary/aromatic N) is 2. The highest BCUT2D eigenvalue weighted by atomic mass is 16.5. The number of nitrogens with one attached hydrogen (secondary N) is 2. The summed E-state index contributed by atoms with van der Waals surface area (Å²) in [6, 6.07) is 7.27. The third-order valence-corrected chi connectivity index (χ3v) is 2.92. The van der Waals surface area contributed by atoms with Crippen LogP contribution in [-0.4, -0.2) is 29.1 Å². The lowest BCUT2D eigenvalue weighted by Crippen LogP contribution is -2.18. The van der Waals surface area contributed by atoms with Crippen molar-refractivity contribution in [2.24, 2.45) is 0 Å². The van der Waals surface area contributed by atoms with Crippen molar-refractivity contribution in [1.29, 1.82) is 0 Å². The molecular formula is C15H20N4O2. The zero-order chi connectivity index (χ0) is 15.1. The van der Waals surface area contributed by atoms with Gasteiger partial charge >= 0.3 is 0 Å². The lowest BCUT2D eigenvalue weighted by atomic mass is 10.3. The zero-order valence-corrected chi connectivity index (χ0v) is 12.3. The van der Waals surface area contributed by atoms with Gasteiger partial charge in [-0.2, -0.15) is 0 Å². The second-order valence-corrected chi connectivity index (χ2v) is 4.60. The van der Waals surface area contributed by atoms with Crippen LogP contribution in [0.1, 0.15) is 12.6 Å². The van der Waals surface area contributed by atoms with Gasteiger partial charge in [-0.3, -0.25) is 4.79 Å². The van der Waals surface area contributed by atoms with Gasteiger partial charge in [0.2, 0.25) is 5.91 Å². The number of anilines is 1. The normalized spacial score (nSPS) is 10.4. The van der Waals surface area contributed by atoms with Gasteiger partial charge in [0.15, 0.2) is 0 Å². The summed E-state index contributed by atoms with van der Waals surface area (Å²) in [5.74, 6) is 0.610. The molecule has 2 aromatic rings. The van der Waals surface area contributed by atoms with E-state index in [0.717, 1.165) is 12.2 Å². The Morgan fingerprint density at radius 3 is 3.05 bits per heavy atom. The largest absolute Gasteiger partial charge is 0.497 e. The van der Waals surface area contributed by atoms with Gasteiger partial charge in [0.05, 0.1) is 19.1 Å². The van der Waals surface area contributed by atoms with E-state index >= 15 is 0 Å². The number of imidazole rings is 1. The molecule has 21 heavy (non-hydrogen) atoms. The molecule has 1 aromatic carbocycles. The van der Waals surface area contributed by atoms with Crippen LogP contribution in [0, 0.1) is 0 Å². The first-order valence-electron chi connectivity index (χ1n) is 6.86. The summed E-state index contributed by atoms with van der Waals surface area (Å²) in [5, 5.41) is 6.03. The molecule has 2 N–H and O–H groups in total. The molecule has 2 rings (SSSR count). The summed E-state index contributed by atoms with van der Waals surface area (Å²) in [6.07, 6.45) is 3.53. The summed E-state index contributed by atoms with van der Waals surface area (Å²) < 4.78 is 6.89. The summed E-state index contributed by atoms with van der Waals surface area (Å²) in [7, 11) is 1.60. The molecule has 0 unspecified atom stereocenters. The monoisotopic (exact) mass is 288 g/mol. The summed E-state index contributed by atoms with van der Waals surface area (Å²) in [5.41, 5.74) is 1.64. The minimum atomic E-state index is -0.101. The smallest absolute Gasteiger partial charge is 0.244 e. The van der Waals surface area contributed by atoms with Crippen LogP contribution in [0.2, 0.25) is 0 Å². The highest BCUT2D eigenvalue weighted by Crippen LogP contribution is 2.16. The number of hydrogen-bond donors (Lipinski definition) is 2.